The van der Waals surface area contributed by atoms with E-state index >= 15 is 0 Å². The summed E-state index contributed by atoms with van der Waals surface area (Å²) in [7, 11) is -1.41. The topological polar surface area (TPSA) is 17.1 Å². The Morgan fingerprint density at radius 1 is 1.75 bits per heavy atom. The van der Waals surface area contributed by atoms with Gasteiger partial charge in [0.15, 0.2) is 0 Å². The standard InChI is InChI=1S/C3H5Cl3OS/c1-8(7)2-3(4,5)6/h2H2,1H3/i2D. The second-order valence-electron chi connectivity index (χ2n) is 1.16. The van der Waals surface area contributed by atoms with Crippen LogP contribution in [0.25, 0.3) is 0 Å². The van der Waals surface area contributed by atoms with E-state index in [1.54, 1.807) is 0 Å². The molecule has 0 aliphatic carbocycles. The summed E-state index contributed by atoms with van der Waals surface area (Å²) in [5, 5.41) is 0. The van der Waals surface area contributed by atoms with Gasteiger partial charge in [-0.3, -0.25) is 4.21 Å². The van der Waals surface area contributed by atoms with E-state index in [9.17, 15) is 4.21 Å². The molecule has 0 aliphatic heterocycles. The van der Waals surface area contributed by atoms with Gasteiger partial charge in [0.2, 0.25) is 3.79 Å². The van der Waals surface area contributed by atoms with Crippen molar-refractivity contribution >= 4 is 45.6 Å². The van der Waals surface area contributed by atoms with Crippen LogP contribution in [0, 0.1) is 0 Å². The number of rotatable bonds is 1. The first-order chi connectivity index (χ1) is 3.85. The summed E-state index contributed by atoms with van der Waals surface area (Å²) in [4.78, 5) is 0. The number of halogens is 3. The molecular formula is C3H5Cl3OS. The van der Waals surface area contributed by atoms with Crippen LogP contribution in [0.15, 0.2) is 0 Å². The number of hydrogen-bond acceptors (Lipinski definition) is 1. The van der Waals surface area contributed by atoms with Crippen LogP contribution in [0.3, 0.4) is 0 Å². The molecule has 0 aromatic carbocycles. The third-order valence-electron chi connectivity index (χ3n) is 0.300. The van der Waals surface area contributed by atoms with Gasteiger partial charge in [0.05, 0.1) is 5.73 Å². The van der Waals surface area contributed by atoms with Crippen molar-refractivity contribution in [1.29, 1.82) is 0 Å². The molecular weight excluding hydrogens is 190 g/mol. The summed E-state index contributed by atoms with van der Waals surface area (Å²) in [6.07, 6.45) is 1.32. The van der Waals surface area contributed by atoms with E-state index in [2.05, 4.69) is 0 Å². The van der Waals surface area contributed by atoms with E-state index in [1.807, 2.05) is 0 Å². The molecule has 5 heteroatoms. The predicted molar refractivity (Wildman–Crippen MR) is 39.2 cm³/mol. The Kier molecular flexibility index (Phi) is 2.90. The van der Waals surface area contributed by atoms with E-state index in [-0.39, 0.29) is 0 Å². The quantitative estimate of drug-likeness (QED) is 0.584. The molecule has 0 aliphatic rings. The molecule has 0 N–H and O–H groups in total. The molecule has 0 heterocycles. The first kappa shape index (κ1) is 7.13. The second-order valence-corrected chi connectivity index (χ2v) is 4.76. The van der Waals surface area contributed by atoms with Gasteiger partial charge >= 0.3 is 0 Å². The third-order valence-corrected chi connectivity index (χ3v) is 1.70. The van der Waals surface area contributed by atoms with E-state index < -0.39 is 20.3 Å². The lowest BCUT2D eigenvalue weighted by molar-refractivity contribution is 0.686. The highest BCUT2D eigenvalue weighted by molar-refractivity contribution is 7.84. The first-order valence-corrected chi connectivity index (χ1v) is 4.42. The van der Waals surface area contributed by atoms with Crippen LogP contribution in [-0.2, 0) is 10.8 Å². The fourth-order valence-corrected chi connectivity index (χ4v) is 1.69. The zero-order valence-electron chi connectivity index (χ0n) is 5.03. The molecule has 1 nitrogen and oxygen atoms in total. The lowest BCUT2D eigenvalue weighted by atomic mass is 10.9. The molecule has 50 valence electrons. The molecule has 8 heavy (non-hydrogen) atoms. The van der Waals surface area contributed by atoms with Gasteiger partial charge in [0, 0.05) is 18.4 Å². The molecule has 0 rings (SSSR count). The van der Waals surface area contributed by atoms with Gasteiger partial charge in [-0.2, -0.15) is 0 Å². The van der Waals surface area contributed by atoms with Crippen LogP contribution in [0.2, 0.25) is 0 Å². The van der Waals surface area contributed by atoms with Gasteiger partial charge in [-0.15, -0.1) is 0 Å². The monoisotopic (exact) mass is 195 g/mol. The summed E-state index contributed by atoms with van der Waals surface area (Å²) in [5.41, 5.74) is -1.16. The normalized spacial score (nSPS) is 21.8. The molecule has 0 bridgehead atoms. The minimum absolute atomic E-state index is 1.16. The van der Waals surface area contributed by atoms with Crippen LogP contribution in [0.4, 0.5) is 0 Å². The van der Waals surface area contributed by atoms with E-state index in [1.165, 1.54) is 6.26 Å². The van der Waals surface area contributed by atoms with Gasteiger partial charge < -0.3 is 0 Å². The van der Waals surface area contributed by atoms with Crippen LogP contribution in [0.1, 0.15) is 1.37 Å². The van der Waals surface area contributed by atoms with Gasteiger partial charge in [-0.05, 0) is 0 Å². The van der Waals surface area contributed by atoms with Gasteiger partial charge in [-0.1, -0.05) is 34.8 Å². The Bertz CT molecular complexity index is 123. The molecule has 0 saturated heterocycles. The maximum Gasteiger partial charge on any atom is 0.201 e. The molecule has 0 amide bonds. The van der Waals surface area contributed by atoms with Crippen molar-refractivity contribution in [1.82, 2.24) is 0 Å². The summed E-state index contributed by atoms with van der Waals surface area (Å²) in [6.45, 7) is 0. The third kappa shape index (κ3) is 7.02. The summed E-state index contributed by atoms with van der Waals surface area (Å²) < 4.78 is 15.7. The number of hydrogen-bond donors (Lipinski definition) is 0. The van der Waals surface area contributed by atoms with Crippen molar-refractivity contribution in [2.75, 3.05) is 12.0 Å². The van der Waals surface area contributed by atoms with Crippen LogP contribution in [-0.4, -0.2) is 20.0 Å². The van der Waals surface area contributed by atoms with Gasteiger partial charge in [0.25, 0.3) is 0 Å². The maximum absolute atomic E-state index is 10.5. The Morgan fingerprint density at radius 2 is 2.12 bits per heavy atom. The number of alkyl halides is 3. The van der Waals surface area contributed by atoms with Crippen LogP contribution in [0.5, 0.6) is 0 Å². The van der Waals surface area contributed by atoms with Crippen LogP contribution < -0.4 is 0 Å². The first-order valence-electron chi connectivity index (χ1n) is 2.24. The zero-order valence-corrected chi connectivity index (χ0v) is 7.11. The van der Waals surface area contributed by atoms with E-state index in [0.717, 1.165) is 0 Å². The molecule has 0 spiro atoms. The molecule has 0 saturated carbocycles. The molecule has 2 atom stereocenters. The largest absolute Gasteiger partial charge is 0.260 e. The Balaban J connectivity index is 4.04. The molecule has 0 aromatic heterocycles. The maximum atomic E-state index is 10.5. The minimum Gasteiger partial charge on any atom is -0.260 e. The highest BCUT2D eigenvalue weighted by atomic mass is 35.6. The fourth-order valence-electron chi connectivity index (χ4n) is 0.188. The lowest BCUT2D eigenvalue weighted by Gasteiger charge is -2.05. The average molecular weight is 197 g/mol. The highest BCUT2D eigenvalue weighted by Crippen LogP contribution is 2.26. The lowest BCUT2D eigenvalue weighted by Crippen LogP contribution is -2.13. The Labute approximate surface area is 67.2 Å². The van der Waals surface area contributed by atoms with Crippen molar-refractivity contribution in [3.8, 4) is 0 Å². The molecule has 0 aromatic rings. The van der Waals surface area contributed by atoms with Crippen molar-refractivity contribution in [3.63, 3.8) is 0 Å². The second kappa shape index (κ2) is 3.25. The smallest absolute Gasteiger partial charge is 0.201 e. The zero-order chi connectivity index (χ0) is 7.65. The Hall–Kier alpha value is 1.02. The van der Waals surface area contributed by atoms with E-state index in [0.29, 0.717) is 0 Å². The molecule has 0 radical (unpaired) electrons. The minimum atomic E-state index is -1.74. The van der Waals surface area contributed by atoms with Gasteiger partial charge in [0.1, 0.15) is 0 Å². The fraction of sp³-hybridized carbons (Fsp3) is 1.00. The highest BCUT2D eigenvalue weighted by Gasteiger charge is 2.20. The van der Waals surface area contributed by atoms with Crippen molar-refractivity contribution in [2.24, 2.45) is 0 Å². The predicted octanol–water partition coefficient (Wildman–Crippen LogP) is 1.74. The SMILES string of the molecule is [2H]C(S(C)=O)C(Cl)(Cl)Cl. The summed E-state index contributed by atoms with van der Waals surface area (Å²) >= 11 is 15.7. The average Bonchev–Trinajstić information content (AvgIpc) is 1.62. The van der Waals surface area contributed by atoms with Crippen molar-refractivity contribution in [3.05, 3.63) is 0 Å². The van der Waals surface area contributed by atoms with Gasteiger partial charge in [-0.25, -0.2) is 0 Å². The Morgan fingerprint density at radius 3 is 2.12 bits per heavy atom. The van der Waals surface area contributed by atoms with E-state index in [4.69, 9.17) is 36.2 Å². The molecule has 0 fully saturated rings. The summed E-state index contributed by atoms with van der Waals surface area (Å²) in [5.74, 6) is 0. The van der Waals surface area contributed by atoms with Crippen LogP contribution >= 0.6 is 34.8 Å². The summed E-state index contributed by atoms with van der Waals surface area (Å²) in [6, 6.07) is 0. The molecule has 2 unspecified atom stereocenters. The van der Waals surface area contributed by atoms with Crippen molar-refractivity contribution < 1.29 is 5.58 Å². The van der Waals surface area contributed by atoms with Crippen molar-refractivity contribution in [2.45, 2.75) is 3.79 Å².